The molecule has 1 amide bonds. The van der Waals surface area contributed by atoms with E-state index in [1.54, 1.807) is 35.1 Å². The maximum Gasteiger partial charge on any atom is 0.262 e. The number of H-pyrrole nitrogens is 1. The average Bonchev–Trinajstić information content (AvgIpc) is 3.71. The van der Waals surface area contributed by atoms with Crippen molar-refractivity contribution in [3.63, 3.8) is 0 Å². The molecule has 0 bridgehead atoms. The second-order valence-electron chi connectivity index (χ2n) is 10.3. The first-order valence-electron chi connectivity index (χ1n) is 13.0. The largest absolute Gasteiger partial charge is 0.478 e. The van der Waals surface area contributed by atoms with Crippen molar-refractivity contribution in [2.24, 2.45) is 7.05 Å². The number of aryl methyl sites for hydroxylation is 2. The first kappa shape index (κ1) is 26.1. The standard InChI is InChI=1S/C27H30F2N8O3/c1-15-10-31-26(33-20-12-36(2)35-25(20)39-3)34-22(15)18-11-30-23-17(18)5-4-6-19(23)32-24(38)21-9-27(28,29)14-37(21)16-7-8-40-13-16/h4-6,10-12,16,21,30H,7-9,13-14H2,1-3H3,(H,32,38)(H,31,33,34). The van der Waals surface area contributed by atoms with Gasteiger partial charge in [-0.2, -0.15) is 0 Å². The molecule has 2 aliphatic rings. The van der Waals surface area contributed by atoms with E-state index in [2.05, 4.69) is 25.7 Å². The van der Waals surface area contributed by atoms with Crippen molar-refractivity contribution in [2.75, 3.05) is 37.5 Å². The number of aromatic nitrogens is 5. The van der Waals surface area contributed by atoms with Crippen LogP contribution in [-0.4, -0.2) is 80.4 Å². The number of benzene rings is 1. The maximum atomic E-state index is 14.4. The highest BCUT2D eigenvalue weighted by Crippen LogP contribution is 2.37. The topological polar surface area (TPSA) is 122 Å². The number of carbonyl (C=O) groups excluding carboxylic acids is 1. The monoisotopic (exact) mass is 552 g/mol. The van der Waals surface area contributed by atoms with Crippen LogP contribution in [0, 0.1) is 6.92 Å². The SMILES string of the molecule is COc1nn(C)cc1Nc1ncc(C)c(-c2c[nH]c3c(NC(=O)C4CC(F)(F)CN4C4CCOC4)cccc23)n1. The van der Waals surface area contributed by atoms with Crippen molar-refractivity contribution in [3.05, 3.63) is 42.4 Å². The third kappa shape index (κ3) is 4.86. The molecule has 2 fully saturated rings. The van der Waals surface area contributed by atoms with Crippen molar-refractivity contribution in [2.45, 2.75) is 37.8 Å². The lowest BCUT2D eigenvalue weighted by atomic mass is 10.1. The van der Waals surface area contributed by atoms with Crippen LogP contribution in [0.3, 0.4) is 0 Å². The number of aromatic amines is 1. The zero-order valence-electron chi connectivity index (χ0n) is 22.4. The summed E-state index contributed by atoms with van der Waals surface area (Å²) in [4.78, 5) is 27.3. The Morgan fingerprint density at radius 1 is 1.30 bits per heavy atom. The third-order valence-corrected chi connectivity index (χ3v) is 7.42. The van der Waals surface area contributed by atoms with Gasteiger partial charge >= 0.3 is 0 Å². The molecule has 0 spiro atoms. The van der Waals surface area contributed by atoms with E-state index in [1.165, 1.54) is 7.11 Å². The molecule has 3 aromatic heterocycles. The summed E-state index contributed by atoms with van der Waals surface area (Å²) >= 11 is 0. The molecular formula is C27H30F2N8O3. The van der Waals surface area contributed by atoms with Crippen molar-refractivity contribution >= 4 is 34.1 Å². The lowest BCUT2D eigenvalue weighted by molar-refractivity contribution is -0.121. The number of nitrogens with one attached hydrogen (secondary N) is 3. The minimum Gasteiger partial charge on any atom is -0.478 e. The Hall–Kier alpha value is -4.10. The summed E-state index contributed by atoms with van der Waals surface area (Å²) in [6, 6.07) is 4.37. The van der Waals surface area contributed by atoms with Gasteiger partial charge in [0.1, 0.15) is 5.69 Å². The quantitative estimate of drug-likeness (QED) is 0.316. The lowest BCUT2D eigenvalue weighted by Crippen LogP contribution is -2.46. The number of para-hydroxylation sites is 1. The predicted octanol–water partition coefficient (Wildman–Crippen LogP) is 3.86. The minimum absolute atomic E-state index is 0.188. The van der Waals surface area contributed by atoms with Gasteiger partial charge in [-0.25, -0.2) is 18.7 Å². The summed E-state index contributed by atoms with van der Waals surface area (Å²) in [6.45, 7) is 2.35. The molecule has 2 atom stereocenters. The number of nitrogens with zero attached hydrogens (tertiary/aromatic N) is 5. The number of likely N-dealkylation sites (tertiary alicyclic amines) is 1. The van der Waals surface area contributed by atoms with E-state index in [1.807, 2.05) is 25.3 Å². The number of methoxy groups -OCH3 is 1. The normalized spacial score (nSPS) is 20.7. The molecule has 1 aromatic carbocycles. The highest BCUT2D eigenvalue weighted by atomic mass is 19.3. The van der Waals surface area contributed by atoms with Crippen molar-refractivity contribution in [1.82, 2.24) is 29.6 Å². The van der Waals surface area contributed by atoms with Gasteiger partial charge in [0.25, 0.3) is 11.8 Å². The Morgan fingerprint density at radius 3 is 2.92 bits per heavy atom. The number of fused-ring (bicyclic) bond motifs is 1. The molecule has 0 radical (unpaired) electrons. The number of carbonyl (C=O) groups is 1. The Bertz CT molecular complexity index is 1560. The van der Waals surface area contributed by atoms with Gasteiger partial charge in [-0.15, -0.1) is 5.10 Å². The number of halogens is 2. The molecule has 0 saturated carbocycles. The minimum atomic E-state index is -2.92. The van der Waals surface area contributed by atoms with Crippen LogP contribution >= 0.6 is 0 Å². The molecule has 13 heteroatoms. The first-order chi connectivity index (χ1) is 19.2. The molecule has 11 nitrogen and oxygen atoms in total. The van der Waals surface area contributed by atoms with Crippen molar-refractivity contribution in [1.29, 1.82) is 0 Å². The van der Waals surface area contributed by atoms with E-state index in [-0.39, 0.29) is 6.04 Å². The fraction of sp³-hybridized carbons (Fsp3) is 0.407. The number of alkyl halides is 2. The number of rotatable bonds is 7. The van der Waals surface area contributed by atoms with Crippen LogP contribution in [0.1, 0.15) is 18.4 Å². The Kier molecular flexibility index (Phi) is 6.62. The maximum absolute atomic E-state index is 14.4. The molecule has 5 heterocycles. The van der Waals surface area contributed by atoms with Gasteiger partial charge in [-0.3, -0.25) is 14.4 Å². The fourth-order valence-corrected chi connectivity index (χ4v) is 5.52. The highest BCUT2D eigenvalue weighted by molar-refractivity contribution is 6.06. The van der Waals surface area contributed by atoms with E-state index in [0.29, 0.717) is 54.0 Å². The second-order valence-corrected chi connectivity index (χ2v) is 10.3. The highest BCUT2D eigenvalue weighted by Gasteiger charge is 2.50. The van der Waals surface area contributed by atoms with Gasteiger partial charge in [0.05, 0.1) is 49.4 Å². The second kappa shape index (κ2) is 10.1. The predicted molar refractivity (Wildman–Crippen MR) is 145 cm³/mol. The van der Waals surface area contributed by atoms with Gasteiger partial charge in [-0.1, -0.05) is 12.1 Å². The average molecular weight is 553 g/mol. The van der Waals surface area contributed by atoms with E-state index in [0.717, 1.165) is 16.5 Å². The smallest absolute Gasteiger partial charge is 0.262 e. The van der Waals surface area contributed by atoms with Crippen LogP contribution in [0.25, 0.3) is 22.2 Å². The van der Waals surface area contributed by atoms with Crippen LogP contribution in [0.2, 0.25) is 0 Å². The van der Waals surface area contributed by atoms with Crippen LogP contribution in [0.5, 0.6) is 5.88 Å². The molecule has 6 rings (SSSR count). The molecule has 0 aliphatic carbocycles. The summed E-state index contributed by atoms with van der Waals surface area (Å²) in [5.41, 5.74) is 4.16. The van der Waals surface area contributed by atoms with Crippen LogP contribution in [0.15, 0.2) is 36.8 Å². The van der Waals surface area contributed by atoms with Gasteiger partial charge in [-0.05, 0) is 25.0 Å². The van der Waals surface area contributed by atoms with Gasteiger partial charge in [0.15, 0.2) is 0 Å². The first-order valence-corrected chi connectivity index (χ1v) is 13.0. The fourth-order valence-electron chi connectivity index (χ4n) is 5.52. The molecular weight excluding hydrogens is 522 g/mol. The van der Waals surface area contributed by atoms with E-state index >= 15 is 0 Å². The van der Waals surface area contributed by atoms with Crippen molar-refractivity contribution in [3.8, 4) is 17.1 Å². The summed E-state index contributed by atoms with van der Waals surface area (Å²) in [5, 5.41) is 11.1. The molecule has 40 heavy (non-hydrogen) atoms. The van der Waals surface area contributed by atoms with Crippen LogP contribution in [-0.2, 0) is 16.6 Å². The molecule has 4 aromatic rings. The van der Waals surface area contributed by atoms with Gasteiger partial charge in [0.2, 0.25) is 11.9 Å². The summed E-state index contributed by atoms with van der Waals surface area (Å²) < 4.78 is 41.1. The number of hydrogen-bond donors (Lipinski definition) is 3. The van der Waals surface area contributed by atoms with Crippen molar-refractivity contribution < 1.29 is 23.0 Å². The van der Waals surface area contributed by atoms with E-state index in [4.69, 9.17) is 14.5 Å². The Morgan fingerprint density at radius 2 is 2.15 bits per heavy atom. The number of hydrogen-bond acceptors (Lipinski definition) is 8. The number of anilines is 3. The molecule has 2 saturated heterocycles. The molecule has 2 aliphatic heterocycles. The molecule has 210 valence electrons. The number of ether oxygens (including phenoxy) is 2. The summed E-state index contributed by atoms with van der Waals surface area (Å²) in [6.07, 6.45) is 5.43. The Balaban J connectivity index is 1.28. The third-order valence-electron chi connectivity index (χ3n) is 7.42. The van der Waals surface area contributed by atoms with E-state index in [9.17, 15) is 13.6 Å². The van der Waals surface area contributed by atoms with Crippen LogP contribution < -0.4 is 15.4 Å². The van der Waals surface area contributed by atoms with Gasteiger partial charge < -0.3 is 25.1 Å². The molecule has 2 unspecified atom stereocenters. The van der Waals surface area contributed by atoms with Gasteiger partial charge in [0, 0.05) is 49.5 Å². The van der Waals surface area contributed by atoms with E-state index < -0.39 is 30.8 Å². The van der Waals surface area contributed by atoms with Crippen LogP contribution in [0.4, 0.5) is 26.1 Å². The summed E-state index contributed by atoms with van der Waals surface area (Å²) in [7, 11) is 3.33. The molecule has 3 N–H and O–H groups in total. The lowest BCUT2D eigenvalue weighted by Gasteiger charge is -2.28. The zero-order valence-corrected chi connectivity index (χ0v) is 22.4. The number of amides is 1. The summed E-state index contributed by atoms with van der Waals surface area (Å²) in [5.74, 6) is -2.60. The Labute approximate surface area is 228 Å². The zero-order chi connectivity index (χ0) is 28.0.